The first-order chi connectivity index (χ1) is 7.97. The summed E-state index contributed by atoms with van der Waals surface area (Å²) in [5, 5.41) is 12.2. The number of ether oxygens (including phenoxy) is 1. The van der Waals surface area contributed by atoms with Gasteiger partial charge in [-0.2, -0.15) is 0 Å². The second-order valence-corrected chi connectivity index (χ2v) is 4.79. The van der Waals surface area contributed by atoms with Crippen LogP contribution in [0.1, 0.15) is 25.8 Å². The van der Waals surface area contributed by atoms with Crippen molar-refractivity contribution in [3.05, 3.63) is 23.8 Å². The first-order valence-corrected chi connectivity index (χ1v) is 5.76. The number of aliphatic hydroxyl groups is 1. The molecule has 1 aromatic rings. The topological polar surface area (TPSA) is 58.6 Å². The third-order valence-electron chi connectivity index (χ3n) is 2.72. The fourth-order valence-electron chi connectivity index (χ4n) is 1.72. The molecule has 0 saturated carbocycles. The van der Waals surface area contributed by atoms with E-state index in [0.29, 0.717) is 5.69 Å². The van der Waals surface area contributed by atoms with Crippen molar-refractivity contribution in [2.75, 3.05) is 11.9 Å². The van der Waals surface area contributed by atoms with E-state index in [1.165, 1.54) is 13.8 Å². The summed E-state index contributed by atoms with van der Waals surface area (Å²) in [5.41, 5.74) is 0.429. The van der Waals surface area contributed by atoms with Gasteiger partial charge in [0.05, 0.1) is 6.61 Å². The van der Waals surface area contributed by atoms with Gasteiger partial charge in [-0.3, -0.25) is 4.79 Å². The van der Waals surface area contributed by atoms with Gasteiger partial charge in [-0.15, -0.1) is 0 Å². The largest absolute Gasteiger partial charge is 0.493 e. The van der Waals surface area contributed by atoms with Crippen LogP contribution in [-0.4, -0.2) is 23.2 Å². The highest BCUT2D eigenvalue weighted by Gasteiger charge is 2.24. The van der Waals surface area contributed by atoms with Crippen molar-refractivity contribution >= 4 is 11.6 Å². The summed E-state index contributed by atoms with van der Waals surface area (Å²) in [6.45, 7) is 3.68. The number of aryl methyl sites for hydroxylation is 1. The highest BCUT2D eigenvalue weighted by molar-refractivity contribution is 5.96. The predicted octanol–water partition coefficient (Wildman–Crippen LogP) is 1.72. The number of rotatable bonds is 2. The van der Waals surface area contributed by atoms with E-state index in [-0.39, 0.29) is 0 Å². The molecule has 0 aromatic heterocycles. The minimum absolute atomic E-state index is 0.408. The number of carbonyl (C=O) groups is 1. The summed E-state index contributed by atoms with van der Waals surface area (Å²) in [6.07, 6.45) is 1.96. The van der Waals surface area contributed by atoms with Crippen LogP contribution in [0.5, 0.6) is 5.75 Å². The van der Waals surface area contributed by atoms with Gasteiger partial charge in [-0.25, -0.2) is 0 Å². The number of hydrogen-bond donors (Lipinski definition) is 2. The molecule has 17 heavy (non-hydrogen) atoms. The third-order valence-corrected chi connectivity index (χ3v) is 2.72. The van der Waals surface area contributed by atoms with Crippen LogP contribution in [0, 0.1) is 0 Å². The Morgan fingerprint density at radius 1 is 1.47 bits per heavy atom. The van der Waals surface area contributed by atoms with Gasteiger partial charge < -0.3 is 15.2 Å². The molecule has 0 fully saturated rings. The summed E-state index contributed by atoms with van der Waals surface area (Å²) in [6, 6.07) is 5.54. The van der Waals surface area contributed by atoms with Crippen molar-refractivity contribution in [3.8, 4) is 5.75 Å². The number of benzene rings is 1. The Hall–Kier alpha value is -1.55. The molecular weight excluding hydrogens is 218 g/mol. The molecule has 2 rings (SSSR count). The molecule has 4 heteroatoms. The summed E-state index contributed by atoms with van der Waals surface area (Å²) >= 11 is 0. The lowest BCUT2D eigenvalue weighted by Crippen LogP contribution is -2.36. The van der Waals surface area contributed by atoms with Gasteiger partial charge in [0.1, 0.15) is 11.4 Å². The monoisotopic (exact) mass is 235 g/mol. The van der Waals surface area contributed by atoms with Gasteiger partial charge in [0.15, 0.2) is 0 Å². The summed E-state index contributed by atoms with van der Waals surface area (Å²) in [7, 11) is 0. The Balaban J connectivity index is 2.15. The molecule has 0 atom stereocenters. The molecule has 0 unspecified atom stereocenters. The van der Waals surface area contributed by atoms with E-state index in [1.54, 1.807) is 6.07 Å². The highest BCUT2D eigenvalue weighted by atomic mass is 16.5. The lowest BCUT2D eigenvalue weighted by Gasteiger charge is -2.20. The van der Waals surface area contributed by atoms with Gasteiger partial charge in [-0.1, -0.05) is 0 Å². The van der Waals surface area contributed by atoms with Crippen LogP contribution in [0.3, 0.4) is 0 Å². The average molecular weight is 235 g/mol. The SMILES string of the molecule is CC(C)(O)C(=O)Nc1ccc2c(c1)CCCO2. The van der Waals surface area contributed by atoms with Crippen LogP contribution in [0.4, 0.5) is 5.69 Å². The molecular formula is C13H17NO3. The molecule has 0 bridgehead atoms. The lowest BCUT2D eigenvalue weighted by molar-refractivity contribution is -0.130. The first kappa shape index (κ1) is 11.9. The molecule has 2 N–H and O–H groups in total. The van der Waals surface area contributed by atoms with Gasteiger partial charge in [-0.05, 0) is 50.5 Å². The molecule has 4 nitrogen and oxygen atoms in total. The number of amides is 1. The van der Waals surface area contributed by atoms with E-state index in [0.717, 1.165) is 30.8 Å². The average Bonchev–Trinajstić information content (AvgIpc) is 2.27. The lowest BCUT2D eigenvalue weighted by atomic mass is 10.0. The molecule has 1 heterocycles. The number of nitrogens with one attached hydrogen (secondary N) is 1. The minimum Gasteiger partial charge on any atom is -0.493 e. The van der Waals surface area contributed by atoms with E-state index in [1.807, 2.05) is 12.1 Å². The Labute approximate surface area is 101 Å². The minimum atomic E-state index is -1.37. The van der Waals surface area contributed by atoms with Crippen molar-refractivity contribution in [1.82, 2.24) is 0 Å². The predicted molar refractivity (Wildman–Crippen MR) is 65.2 cm³/mol. The fraction of sp³-hybridized carbons (Fsp3) is 0.462. The zero-order valence-electron chi connectivity index (χ0n) is 10.1. The zero-order chi connectivity index (χ0) is 12.5. The molecule has 92 valence electrons. The molecule has 0 spiro atoms. The number of fused-ring (bicyclic) bond motifs is 1. The Morgan fingerprint density at radius 2 is 2.24 bits per heavy atom. The maximum Gasteiger partial charge on any atom is 0.255 e. The second-order valence-electron chi connectivity index (χ2n) is 4.79. The van der Waals surface area contributed by atoms with Crippen LogP contribution in [-0.2, 0) is 11.2 Å². The quantitative estimate of drug-likeness (QED) is 0.820. The molecule has 0 saturated heterocycles. The molecule has 1 aliphatic heterocycles. The van der Waals surface area contributed by atoms with Gasteiger partial charge >= 0.3 is 0 Å². The molecule has 1 amide bonds. The molecule has 0 aliphatic carbocycles. The molecule has 0 radical (unpaired) electrons. The van der Waals surface area contributed by atoms with E-state index < -0.39 is 11.5 Å². The number of hydrogen-bond acceptors (Lipinski definition) is 3. The van der Waals surface area contributed by atoms with Crippen molar-refractivity contribution < 1.29 is 14.6 Å². The Kier molecular flexibility index (Phi) is 3.07. The normalized spacial score (nSPS) is 14.8. The molecule has 1 aromatic carbocycles. The molecule has 1 aliphatic rings. The van der Waals surface area contributed by atoms with Crippen molar-refractivity contribution in [2.24, 2.45) is 0 Å². The maximum absolute atomic E-state index is 11.6. The van der Waals surface area contributed by atoms with E-state index in [4.69, 9.17) is 4.74 Å². The number of anilines is 1. The third kappa shape index (κ3) is 2.77. The fourth-order valence-corrected chi connectivity index (χ4v) is 1.72. The van der Waals surface area contributed by atoms with Crippen molar-refractivity contribution in [1.29, 1.82) is 0 Å². The van der Waals surface area contributed by atoms with Crippen LogP contribution in [0.15, 0.2) is 18.2 Å². The van der Waals surface area contributed by atoms with E-state index in [2.05, 4.69) is 5.32 Å². The standard InChI is InChI=1S/C13H17NO3/c1-13(2,16)12(15)14-10-5-6-11-9(8-10)4-3-7-17-11/h5-6,8,16H,3-4,7H2,1-2H3,(H,14,15). The second kappa shape index (κ2) is 4.37. The van der Waals surface area contributed by atoms with E-state index in [9.17, 15) is 9.90 Å². The van der Waals surface area contributed by atoms with Crippen molar-refractivity contribution in [2.45, 2.75) is 32.3 Å². The summed E-state index contributed by atoms with van der Waals surface area (Å²) in [5.74, 6) is 0.478. The summed E-state index contributed by atoms with van der Waals surface area (Å²) in [4.78, 5) is 11.6. The smallest absolute Gasteiger partial charge is 0.255 e. The summed E-state index contributed by atoms with van der Waals surface area (Å²) < 4.78 is 5.49. The van der Waals surface area contributed by atoms with Crippen LogP contribution >= 0.6 is 0 Å². The number of carbonyl (C=O) groups excluding carboxylic acids is 1. The highest BCUT2D eigenvalue weighted by Crippen LogP contribution is 2.27. The van der Waals surface area contributed by atoms with Crippen LogP contribution < -0.4 is 10.1 Å². The Morgan fingerprint density at radius 3 is 2.94 bits per heavy atom. The van der Waals surface area contributed by atoms with Gasteiger partial charge in [0.25, 0.3) is 5.91 Å². The van der Waals surface area contributed by atoms with Gasteiger partial charge in [0.2, 0.25) is 0 Å². The maximum atomic E-state index is 11.6. The first-order valence-electron chi connectivity index (χ1n) is 5.76. The van der Waals surface area contributed by atoms with E-state index >= 15 is 0 Å². The Bertz CT molecular complexity index is 435. The van der Waals surface area contributed by atoms with Gasteiger partial charge in [0, 0.05) is 5.69 Å². The van der Waals surface area contributed by atoms with Crippen molar-refractivity contribution in [3.63, 3.8) is 0 Å². The zero-order valence-corrected chi connectivity index (χ0v) is 10.1. The van der Waals surface area contributed by atoms with Crippen LogP contribution in [0.2, 0.25) is 0 Å². The van der Waals surface area contributed by atoms with Crippen LogP contribution in [0.25, 0.3) is 0 Å².